The normalized spacial score (nSPS) is 10.6. The summed E-state index contributed by atoms with van der Waals surface area (Å²) in [6.07, 6.45) is 0. The topological polar surface area (TPSA) is 90.4 Å². The summed E-state index contributed by atoms with van der Waals surface area (Å²) in [6.45, 7) is 3.52. The minimum Gasteiger partial charge on any atom is -0.478 e. The molecular formula is C16H21N5O2. The minimum absolute atomic E-state index is 0.250. The van der Waals surface area contributed by atoms with Gasteiger partial charge < -0.3 is 20.6 Å². The van der Waals surface area contributed by atoms with Crippen LogP contribution in [0, 0.1) is 6.92 Å². The van der Waals surface area contributed by atoms with E-state index >= 15 is 0 Å². The van der Waals surface area contributed by atoms with Gasteiger partial charge in [-0.15, -0.1) is 0 Å². The third kappa shape index (κ3) is 5.23. The van der Waals surface area contributed by atoms with Gasteiger partial charge in [0.1, 0.15) is 17.5 Å². The van der Waals surface area contributed by atoms with Crippen molar-refractivity contribution in [3.63, 3.8) is 0 Å². The Hall–Kier alpha value is -2.67. The van der Waals surface area contributed by atoms with Crippen molar-refractivity contribution in [1.82, 2.24) is 14.9 Å². The lowest BCUT2D eigenvalue weighted by Gasteiger charge is -2.12. The van der Waals surface area contributed by atoms with Crippen LogP contribution in [0.3, 0.4) is 0 Å². The van der Waals surface area contributed by atoms with E-state index in [4.69, 9.17) is 5.11 Å². The van der Waals surface area contributed by atoms with Gasteiger partial charge in [-0.05, 0) is 45.3 Å². The van der Waals surface area contributed by atoms with Gasteiger partial charge in [0.25, 0.3) is 0 Å². The average Bonchev–Trinajstić information content (AvgIpc) is 2.46. The van der Waals surface area contributed by atoms with Crippen molar-refractivity contribution in [3.05, 3.63) is 41.7 Å². The lowest BCUT2D eigenvalue weighted by atomic mass is 10.2. The zero-order valence-corrected chi connectivity index (χ0v) is 13.5. The van der Waals surface area contributed by atoms with Crippen LogP contribution < -0.4 is 10.6 Å². The molecule has 0 fully saturated rings. The fourth-order valence-corrected chi connectivity index (χ4v) is 1.97. The predicted molar refractivity (Wildman–Crippen MR) is 90.5 cm³/mol. The van der Waals surface area contributed by atoms with Gasteiger partial charge >= 0.3 is 5.97 Å². The van der Waals surface area contributed by atoms with Crippen LogP contribution in [0.1, 0.15) is 16.2 Å². The molecule has 122 valence electrons. The molecule has 7 nitrogen and oxygen atoms in total. The lowest BCUT2D eigenvalue weighted by molar-refractivity contribution is 0.0697. The van der Waals surface area contributed by atoms with Crippen LogP contribution in [0.4, 0.5) is 17.3 Å². The highest BCUT2D eigenvalue weighted by Crippen LogP contribution is 2.18. The summed E-state index contributed by atoms with van der Waals surface area (Å²) in [5, 5.41) is 15.3. The number of aromatic nitrogens is 2. The Bertz CT molecular complexity index is 671. The maximum atomic E-state index is 10.9. The number of aryl methyl sites for hydroxylation is 1. The first-order valence-electron chi connectivity index (χ1n) is 7.29. The number of aromatic carboxylic acids is 1. The first-order chi connectivity index (χ1) is 10.9. The molecular weight excluding hydrogens is 294 g/mol. The molecule has 23 heavy (non-hydrogen) atoms. The van der Waals surface area contributed by atoms with E-state index in [1.165, 1.54) is 0 Å². The van der Waals surface area contributed by atoms with Gasteiger partial charge in [0, 0.05) is 24.8 Å². The van der Waals surface area contributed by atoms with Crippen molar-refractivity contribution in [2.24, 2.45) is 0 Å². The molecule has 1 aromatic carbocycles. The molecule has 0 bridgehead atoms. The summed E-state index contributed by atoms with van der Waals surface area (Å²) in [5.74, 6) is 1.13. The second-order valence-electron chi connectivity index (χ2n) is 5.42. The maximum Gasteiger partial charge on any atom is 0.335 e. The number of hydrogen-bond acceptors (Lipinski definition) is 6. The van der Waals surface area contributed by atoms with Crippen LogP contribution in [0.2, 0.25) is 0 Å². The molecule has 7 heteroatoms. The average molecular weight is 315 g/mol. The third-order valence-corrected chi connectivity index (χ3v) is 3.11. The van der Waals surface area contributed by atoms with Crippen LogP contribution in [0.5, 0.6) is 0 Å². The molecule has 2 aromatic rings. The lowest BCUT2D eigenvalue weighted by Crippen LogP contribution is -2.21. The van der Waals surface area contributed by atoms with Crippen molar-refractivity contribution in [2.45, 2.75) is 6.92 Å². The Kier molecular flexibility index (Phi) is 5.48. The van der Waals surface area contributed by atoms with Crippen LogP contribution in [0.15, 0.2) is 30.3 Å². The fraction of sp³-hybridized carbons (Fsp3) is 0.312. The van der Waals surface area contributed by atoms with E-state index in [-0.39, 0.29) is 5.56 Å². The maximum absolute atomic E-state index is 10.9. The molecule has 0 aliphatic carbocycles. The highest BCUT2D eigenvalue weighted by Gasteiger charge is 2.05. The van der Waals surface area contributed by atoms with Crippen LogP contribution in [-0.4, -0.2) is 53.1 Å². The molecule has 1 aromatic heterocycles. The Morgan fingerprint density at radius 3 is 2.43 bits per heavy atom. The number of anilines is 3. The third-order valence-electron chi connectivity index (χ3n) is 3.11. The molecule has 0 aliphatic heterocycles. The zero-order chi connectivity index (χ0) is 16.8. The van der Waals surface area contributed by atoms with Crippen LogP contribution in [-0.2, 0) is 0 Å². The Labute approximate surface area is 135 Å². The summed E-state index contributed by atoms with van der Waals surface area (Å²) in [5.41, 5.74) is 1.02. The summed E-state index contributed by atoms with van der Waals surface area (Å²) >= 11 is 0. The van der Waals surface area contributed by atoms with Gasteiger partial charge in [-0.2, -0.15) is 0 Å². The van der Waals surface area contributed by atoms with Crippen LogP contribution in [0.25, 0.3) is 0 Å². The highest BCUT2D eigenvalue weighted by atomic mass is 16.4. The van der Waals surface area contributed by atoms with Crippen molar-refractivity contribution in [2.75, 3.05) is 37.8 Å². The van der Waals surface area contributed by atoms with Crippen molar-refractivity contribution in [1.29, 1.82) is 0 Å². The standard InChI is InChI=1S/C16H21N5O2/c1-11-18-14(17-8-9-21(2)3)10-15(19-11)20-13-6-4-12(5-7-13)16(22)23/h4-7,10H,8-9H2,1-3H3,(H,22,23)(H2,17,18,19,20). The molecule has 0 aliphatic rings. The number of likely N-dealkylation sites (N-methyl/N-ethyl adjacent to an activating group) is 1. The number of carbonyl (C=O) groups is 1. The second-order valence-corrected chi connectivity index (χ2v) is 5.42. The van der Waals surface area contributed by atoms with Crippen molar-refractivity contribution >= 4 is 23.3 Å². The SMILES string of the molecule is Cc1nc(NCCN(C)C)cc(Nc2ccc(C(=O)O)cc2)n1. The minimum atomic E-state index is -0.943. The summed E-state index contributed by atoms with van der Waals surface area (Å²) in [7, 11) is 4.03. The Balaban J connectivity index is 2.07. The molecule has 0 amide bonds. The summed E-state index contributed by atoms with van der Waals surface area (Å²) in [4.78, 5) is 21.6. The van der Waals surface area contributed by atoms with E-state index in [0.717, 1.165) is 24.6 Å². The molecule has 0 radical (unpaired) electrons. The number of carboxylic acids is 1. The van der Waals surface area contributed by atoms with Crippen molar-refractivity contribution < 1.29 is 9.90 Å². The first-order valence-corrected chi connectivity index (χ1v) is 7.29. The van der Waals surface area contributed by atoms with Crippen LogP contribution >= 0.6 is 0 Å². The fourth-order valence-electron chi connectivity index (χ4n) is 1.97. The Morgan fingerprint density at radius 2 is 1.83 bits per heavy atom. The van der Waals surface area contributed by atoms with Gasteiger partial charge in [0.2, 0.25) is 0 Å². The van der Waals surface area contributed by atoms with E-state index < -0.39 is 5.97 Å². The molecule has 3 N–H and O–H groups in total. The smallest absolute Gasteiger partial charge is 0.335 e. The van der Waals surface area contributed by atoms with Gasteiger partial charge in [-0.25, -0.2) is 14.8 Å². The van der Waals surface area contributed by atoms with E-state index in [9.17, 15) is 4.79 Å². The Morgan fingerprint density at radius 1 is 1.17 bits per heavy atom. The predicted octanol–water partition coefficient (Wildman–Crippen LogP) is 2.20. The molecule has 1 heterocycles. The summed E-state index contributed by atoms with van der Waals surface area (Å²) in [6, 6.07) is 8.35. The van der Waals surface area contributed by atoms with Gasteiger partial charge in [-0.3, -0.25) is 0 Å². The monoisotopic (exact) mass is 315 g/mol. The molecule has 0 spiro atoms. The van der Waals surface area contributed by atoms with Crippen molar-refractivity contribution in [3.8, 4) is 0 Å². The van der Waals surface area contributed by atoms with E-state index in [1.807, 2.05) is 27.1 Å². The number of nitrogens with zero attached hydrogens (tertiary/aromatic N) is 3. The highest BCUT2D eigenvalue weighted by molar-refractivity contribution is 5.88. The van der Waals surface area contributed by atoms with E-state index in [2.05, 4.69) is 25.5 Å². The summed E-state index contributed by atoms with van der Waals surface area (Å²) < 4.78 is 0. The number of nitrogens with one attached hydrogen (secondary N) is 2. The molecule has 0 saturated carbocycles. The van der Waals surface area contributed by atoms with Gasteiger partial charge in [-0.1, -0.05) is 0 Å². The van der Waals surface area contributed by atoms with Gasteiger partial charge in [0.15, 0.2) is 0 Å². The number of rotatable bonds is 7. The number of carboxylic acid groups (broad SMARTS) is 1. The molecule has 0 saturated heterocycles. The zero-order valence-electron chi connectivity index (χ0n) is 13.5. The molecule has 0 unspecified atom stereocenters. The molecule has 0 atom stereocenters. The molecule has 2 rings (SSSR count). The number of hydrogen-bond donors (Lipinski definition) is 3. The van der Waals surface area contributed by atoms with E-state index in [0.29, 0.717) is 11.6 Å². The number of benzene rings is 1. The quantitative estimate of drug-likeness (QED) is 0.721. The van der Waals surface area contributed by atoms with Gasteiger partial charge in [0.05, 0.1) is 5.56 Å². The first kappa shape index (κ1) is 16.7. The van der Waals surface area contributed by atoms with E-state index in [1.54, 1.807) is 24.3 Å². The largest absolute Gasteiger partial charge is 0.478 e. The second kappa shape index (κ2) is 7.55.